The first-order valence-electron chi connectivity index (χ1n) is 7.26. The summed E-state index contributed by atoms with van der Waals surface area (Å²) in [5.41, 5.74) is 2.66. The molecular weight excluding hydrogens is 294 g/mol. The molecule has 0 bridgehead atoms. The second-order valence-corrected chi connectivity index (χ2v) is 5.06. The molecule has 0 aliphatic rings. The van der Waals surface area contributed by atoms with Crippen LogP contribution in [0.15, 0.2) is 48.9 Å². The van der Waals surface area contributed by atoms with Crippen LogP contribution in [0.4, 0.5) is 0 Å². The molecule has 6 nitrogen and oxygen atoms in total. The summed E-state index contributed by atoms with van der Waals surface area (Å²) in [4.78, 5) is 24.1. The van der Waals surface area contributed by atoms with Crippen molar-refractivity contribution in [1.29, 1.82) is 0 Å². The van der Waals surface area contributed by atoms with Crippen molar-refractivity contribution < 1.29 is 14.3 Å². The molecule has 2 aromatic heterocycles. The Morgan fingerprint density at radius 3 is 2.57 bits per heavy atom. The number of pyridine rings is 1. The van der Waals surface area contributed by atoms with Gasteiger partial charge in [-0.1, -0.05) is 31.2 Å². The maximum Gasteiger partial charge on any atom is 0.340 e. The van der Waals surface area contributed by atoms with Gasteiger partial charge in [-0.25, -0.2) is 4.79 Å². The van der Waals surface area contributed by atoms with Crippen LogP contribution in [0, 0.1) is 0 Å². The van der Waals surface area contributed by atoms with Crippen LogP contribution in [-0.4, -0.2) is 33.0 Å². The van der Waals surface area contributed by atoms with Gasteiger partial charge in [-0.2, -0.15) is 0 Å². The van der Waals surface area contributed by atoms with E-state index in [1.165, 1.54) is 6.33 Å². The highest BCUT2D eigenvalue weighted by Crippen LogP contribution is 2.08. The van der Waals surface area contributed by atoms with Gasteiger partial charge in [-0.15, -0.1) is 10.2 Å². The number of benzene rings is 1. The Bertz CT molecular complexity index is 853. The summed E-state index contributed by atoms with van der Waals surface area (Å²) < 4.78 is 6.70. The van der Waals surface area contributed by atoms with E-state index in [0.717, 1.165) is 12.0 Å². The lowest BCUT2D eigenvalue weighted by molar-refractivity contribution is 0.0474. The summed E-state index contributed by atoms with van der Waals surface area (Å²) in [6.45, 7) is 1.76. The van der Waals surface area contributed by atoms with Crippen molar-refractivity contribution in [2.45, 2.75) is 13.3 Å². The number of ketones is 1. The highest BCUT2D eigenvalue weighted by Gasteiger charge is 2.12. The maximum atomic E-state index is 12.0. The number of esters is 1. The minimum Gasteiger partial charge on any atom is -0.454 e. The van der Waals surface area contributed by atoms with Gasteiger partial charge >= 0.3 is 5.97 Å². The fraction of sp³-hybridized carbons (Fsp3) is 0.176. The number of hydrogen-bond donors (Lipinski definition) is 0. The van der Waals surface area contributed by atoms with E-state index in [9.17, 15) is 9.59 Å². The van der Waals surface area contributed by atoms with Gasteiger partial charge in [0.1, 0.15) is 6.33 Å². The Morgan fingerprint density at radius 1 is 1.09 bits per heavy atom. The molecule has 3 rings (SSSR count). The molecule has 0 N–H and O–H groups in total. The molecule has 0 unspecified atom stereocenters. The summed E-state index contributed by atoms with van der Waals surface area (Å²) >= 11 is 0. The largest absolute Gasteiger partial charge is 0.454 e. The number of carbonyl (C=O) groups is 2. The fourth-order valence-electron chi connectivity index (χ4n) is 2.17. The molecule has 0 atom stereocenters. The number of aryl methyl sites for hydroxylation is 1. The molecular formula is C17H15N3O3. The van der Waals surface area contributed by atoms with E-state index >= 15 is 0 Å². The predicted molar refractivity (Wildman–Crippen MR) is 83.4 cm³/mol. The molecule has 0 radical (unpaired) electrons. The zero-order valence-corrected chi connectivity index (χ0v) is 12.6. The van der Waals surface area contributed by atoms with Gasteiger partial charge < -0.3 is 4.74 Å². The topological polar surface area (TPSA) is 73.6 Å². The molecule has 0 aliphatic carbocycles. The van der Waals surface area contributed by atoms with Gasteiger partial charge in [0, 0.05) is 11.8 Å². The van der Waals surface area contributed by atoms with Crippen molar-refractivity contribution in [3.63, 3.8) is 0 Å². The van der Waals surface area contributed by atoms with Gasteiger partial charge in [-0.05, 0) is 24.1 Å². The Kier molecular flexibility index (Phi) is 4.14. The first kappa shape index (κ1) is 14.9. The fourth-order valence-corrected chi connectivity index (χ4v) is 2.17. The molecule has 23 heavy (non-hydrogen) atoms. The lowest BCUT2D eigenvalue weighted by Gasteiger charge is -2.05. The summed E-state index contributed by atoms with van der Waals surface area (Å²) in [6.07, 6.45) is 3.97. The van der Waals surface area contributed by atoms with Gasteiger partial charge in [0.05, 0.1) is 5.56 Å². The van der Waals surface area contributed by atoms with Gasteiger partial charge in [0.25, 0.3) is 0 Å². The average molecular weight is 309 g/mol. The number of Topliss-reactive ketones (excluding diaryl/α,β-unsaturated/α-hetero) is 1. The molecule has 0 fully saturated rings. The van der Waals surface area contributed by atoms with Gasteiger partial charge in [0.15, 0.2) is 18.0 Å². The maximum absolute atomic E-state index is 12.0. The summed E-state index contributed by atoms with van der Waals surface area (Å²) in [5, 5.41) is 7.59. The van der Waals surface area contributed by atoms with Gasteiger partial charge in [-0.3, -0.25) is 9.20 Å². The first-order valence-corrected chi connectivity index (χ1v) is 7.26. The SMILES string of the molecule is CCc1ccc(C(=O)COC(=O)c2ccc3nncn3c2)cc1. The summed E-state index contributed by atoms with van der Waals surface area (Å²) in [5.74, 6) is -0.787. The monoisotopic (exact) mass is 309 g/mol. The molecule has 116 valence electrons. The van der Waals surface area contributed by atoms with Crippen molar-refractivity contribution in [3.05, 3.63) is 65.6 Å². The van der Waals surface area contributed by atoms with Crippen LogP contribution in [0.25, 0.3) is 5.65 Å². The number of hydrogen-bond acceptors (Lipinski definition) is 5. The van der Waals surface area contributed by atoms with E-state index in [0.29, 0.717) is 16.8 Å². The van der Waals surface area contributed by atoms with E-state index in [-0.39, 0.29) is 12.4 Å². The number of carbonyl (C=O) groups excluding carboxylic acids is 2. The summed E-state index contributed by atoms with van der Waals surface area (Å²) in [7, 11) is 0. The second-order valence-electron chi connectivity index (χ2n) is 5.06. The Hall–Kier alpha value is -3.02. The molecule has 0 saturated heterocycles. The minimum atomic E-state index is -0.556. The third kappa shape index (κ3) is 3.26. The normalized spacial score (nSPS) is 10.7. The number of ether oxygens (including phenoxy) is 1. The van der Waals surface area contributed by atoms with E-state index in [1.54, 1.807) is 34.9 Å². The zero-order chi connectivity index (χ0) is 16.2. The van der Waals surface area contributed by atoms with E-state index in [4.69, 9.17) is 4.74 Å². The smallest absolute Gasteiger partial charge is 0.340 e. The molecule has 0 aliphatic heterocycles. The average Bonchev–Trinajstić information content (AvgIpc) is 3.07. The highest BCUT2D eigenvalue weighted by molar-refractivity contribution is 5.99. The van der Waals surface area contributed by atoms with Crippen LogP contribution >= 0.6 is 0 Å². The number of nitrogens with zero attached hydrogens (tertiary/aromatic N) is 3. The lowest BCUT2D eigenvalue weighted by atomic mass is 10.1. The van der Waals surface area contributed by atoms with E-state index in [1.807, 2.05) is 19.1 Å². The molecule has 0 saturated carbocycles. The van der Waals surface area contributed by atoms with Crippen molar-refractivity contribution in [2.24, 2.45) is 0 Å². The summed E-state index contributed by atoms with van der Waals surface area (Å²) in [6, 6.07) is 10.5. The second kappa shape index (κ2) is 6.39. The van der Waals surface area contributed by atoms with Crippen LogP contribution in [0.2, 0.25) is 0 Å². The van der Waals surface area contributed by atoms with Crippen LogP contribution < -0.4 is 0 Å². The van der Waals surface area contributed by atoms with Crippen molar-refractivity contribution in [3.8, 4) is 0 Å². The third-order valence-electron chi connectivity index (χ3n) is 3.55. The molecule has 1 aromatic carbocycles. The first-order chi connectivity index (χ1) is 11.2. The van der Waals surface area contributed by atoms with E-state index < -0.39 is 5.97 Å². The molecule has 6 heteroatoms. The van der Waals surface area contributed by atoms with Crippen molar-refractivity contribution in [2.75, 3.05) is 6.61 Å². The Balaban J connectivity index is 1.64. The lowest BCUT2D eigenvalue weighted by Crippen LogP contribution is -2.14. The molecule has 0 spiro atoms. The van der Waals surface area contributed by atoms with Gasteiger partial charge in [0.2, 0.25) is 0 Å². The van der Waals surface area contributed by atoms with Crippen LogP contribution in [0.3, 0.4) is 0 Å². The van der Waals surface area contributed by atoms with Crippen molar-refractivity contribution in [1.82, 2.24) is 14.6 Å². The predicted octanol–water partition coefficient (Wildman–Crippen LogP) is 2.33. The van der Waals surface area contributed by atoms with Crippen LogP contribution in [0.5, 0.6) is 0 Å². The van der Waals surface area contributed by atoms with E-state index in [2.05, 4.69) is 10.2 Å². The minimum absolute atomic E-state index is 0.230. The zero-order valence-electron chi connectivity index (χ0n) is 12.6. The quantitative estimate of drug-likeness (QED) is 0.534. The number of rotatable bonds is 5. The number of aromatic nitrogens is 3. The van der Waals surface area contributed by atoms with Crippen molar-refractivity contribution >= 4 is 17.4 Å². The Morgan fingerprint density at radius 2 is 1.83 bits per heavy atom. The standard InChI is InChI=1S/C17H15N3O3/c1-2-12-3-5-13(6-4-12)15(21)10-23-17(22)14-7-8-16-19-18-11-20(16)9-14/h3-9,11H,2,10H2,1H3. The molecule has 3 aromatic rings. The number of fused-ring (bicyclic) bond motifs is 1. The molecule has 2 heterocycles. The highest BCUT2D eigenvalue weighted by atomic mass is 16.5. The molecule has 0 amide bonds. The van der Waals surface area contributed by atoms with Crippen LogP contribution in [0.1, 0.15) is 33.2 Å². The Labute approximate surface area is 132 Å². The van der Waals surface area contributed by atoms with Crippen LogP contribution in [-0.2, 0) is 11.2 Å². The third-order valence-corrected chi connectivity index (χ3v) is 3.55.